The summed E-state index contributed by atoms with van der Waals surface area (Å²) in [5, 5.41) is 9.08. The summed E-state index contributed by atoms with van der Waals surface area (Å²) >= 11 is 0. The van der Waals surface area contributed by atoms with Gasteiger partial charge >= 0.3 is 0 Å². The first-order valence-corrected chi connectivity index (χ1v) is 4.75. The molecule has 0 aliphatic carbocycles. The average Bonchev–Trinajstić information content (AvgIpc) is 2.20. The number of hydrogen-bond donors (Lipinski definition) is 2. The molecule has 0 aliphatic heterocycles. The number of rotatable bonds is 3. The quantitative estimate of drug-likeness (QED) is 0.753. The number of likely N-dealkylation sites (N-methyl/N-ethyl adjacent to an activating group) is 1. The van der Waals surface area contributed by atoms with Crippen molar-refractivity contribution in [3.8, 4) is 5.75 Å². The van der Waals surface area contributed by atoms with E-state index in [2.05, 4.69) is 0 Å². The molecule has 0 heterocycles. The molecule has 1 aromatic rings. The molecule has 1 rings (SSSR count). The molecule has 82 valence electrons. The van der Waals surface area contributed by atoms with Crippen LogP contribution in [0.2, 0.25) is 0 Å². The Hall–Kier alpha value is -1.55. The maximum Gasteiger partial charge on any atom is 0.239 e. The van der Waals surface area contributed by atoms with E-state index in [0.717, 1.165) is 5.56 Å². The molecule has 1 aromatic carbocycles. The van der Waals surface area contributed by atoms with Crippen molar-refractivity contribution < 1.29 is 9.90 Å². The topological polar surface area (TPSA) is 66.6 Å². The smallest absolute Gasteiger partial charge is 0.239 e. The third kappa shape index (κ3) is 3.25. The van der Waals surface area contributed by atoms with Gasteiger partial charge in [-0.1, -0.05) is 12.1 Å². The van der Waals surface area contributed by atoms with Crippen LogP contribution in [0.4, 0.5) is 0 Å². The second-order valence-corrected chi connectivity index (χ2v) is 3.71. The van der Waals surface area contributed by atoms with Crippen molar-refractivity contribution in [2.75, 3.05) is 14.1 Å². The first-order chi connectivity index (χ1) is 7.00. The summed E-state index contributed by atoms with van der Waals surface area (Å²) in [4.78, 5) is 12.9. The van der Waals surface area contributed by atoms with Crippen LogP contribution in [0.5, 0.6) is 5.75 Å². The van der Waals surface area contributed by atoms with Crippen LogP contribution in [0.3, 0.4) is 0 Å². The maximum absolute atomic E-state index is 11.5. The Morgan fingerprint density at radius 2 is 1.93 bits per heavy atom. The molecule has 0 saturated heterocycles. The van der Waals surface area contributed by atoms with Crippen molar-refractivity contribution >= 4 is 5.91 Å². The average molecular weight is 208 g/mol. The number of hydrogen-bond acceptors (Lipinski definition) is 3. The number of phenols is 1. The monoisotopic (exact) mass is 208 g/mol. The highest BCUT2D eigenvalue weighted by atomic mass is 16.3. The molecule has 0 bridgehead atoms. The zero-order valence-corrected chi connectivity index (χ0v) is 8.97. The second kappa shape index (κ2) is 4.79. The normalized spacial score (nSPS) is 12.2. The predicted octanol–water partition coefficient (Wildman–Crippen LogP) is 0.350. The van der Waals surface area contributed by atoms with Gasteiger partial charge in [0.1, 0.15) is 5.75 Å². The Morgan fingerprint density at radius 3 is 2.40 bits per heavy atom. The standard InChI is InChI=1S/C11H16N2O2/c1-13(2)11(15)10(12)7-8-3-5-9(14)6-4-8/h3-6,10,14H,7,12H2,1-2H3/t10-/m1/s1. The van der Waals surface area contributed by atoms with Gasteiger partial charge in [-0.15, -0.1) is 0 Å². The van der Waals surface area contributed by atoms with Crippen molar-refractivity contribution in [1.29, 1.82) is 0 Å². The van der Waals surface area contributed by atoms with Crippen LogP contribution in [-0.2, 0) is 11.2 Å². The number of phenolic OH excluding ortho intramolecular Hbond substituents is 1. The lowest BCUT2D eigenvalue weighted by molar-refractivity contribution is -0.130. The van der Waals surface area contributed by atoms with Crippen LogP contribution in [-0.4, -0.2) is 36.1 Å². The summed E-state index contributed by atoms with van der Waals surface area (Å²) in [5.74, 6) is 0.120. The molecule has 0 aromatic heterocycles. The highest BCUT2D eigenvalue weighted by Crippen LogP contribution is 2.11. The van der Waals surface area contributed by atoms with Crippen molar-refractivity contribution in [2.45, 2.75) is 12.5 Å². The summed E-state index contributed by atoms with van der Waals surface area (Å²) in [6.07, 6.45) is 0.483. The van der Waals surface area contributed by atoms with E-state index in [-0.39, 0.29) is 11.7 Å². The summed E-state index contributed by atoms with van der Waals surface area (Å²) < 4.78 is 0. The number of aromatic hydroxyl groups is 1. The molecule has 0 spiro atoms. The molecular formula is C11H16N2O2. The Bertz CT molecular complexity index is 333. The molecule has 4 heteroatoms. The Morgan fingerprint density at radius 1 is 1.40 bits per heavy atom. The Labute approximate surface area is 89.3 Å². The fourth-order valence-electron chi connectivity index (χ4n) is 1.30. The third-order valence-electron chi connectivity index (χ3n) is 2.15. The van der Waals surface area contributed by atoms with E-state index in [9.17, 15) is 4.79 Å². The molecule has 15 heavy (non-hydrogen) atoms. The molecular weight excluding hydrogens is 192 g/mol. The van der Waals surface area contributed by atoms with E-state index >= 15 is 0 Å². The van der Waals surface area contributed by atoms with Crippen LogP contribution in [0, 0.1) is 0 Å². The minimum Gasteiger partial charge on any atom is -0.508 e. The van der Waals surface area contributed by atoms with Gasteiger partial charge in [0.2, 0.25) is 5.91 Å². The van der Waals surface area contributed by atoms with Crippen molar-refractivity contribution in [3.05, 3.63) is 29.8 Å². The molecule has 0 aliphatic rings. The third-order valence-corrected chi connectivity index (χ3v) is 2.15. The van der Waals surface area contributed by atoms with Gasteiger partial charge in [-0.2, -0.15) is 0 Å². The second-order valence-electron chi connectivity index (χ2n) is 3.71. The Kier molecular flexibility index (Phi) is 3.68. The van der Waals surface area contributed by atoms with Crippen LogP contribution >= 0.6 is 0 Å². The first kappa shape index (κ1) is 11.5. The lowest BCUT2D eigenvalue weighted by Crippen LogP contribution is -2.41. The first-order valence-electron chi connectivity index (χ1n) is 4.75. The molecule has 4 nitrogen and oxygen atoms in total. The van der Waals surface area contributed by atoms with E-state index in [1.165, 1.54) is 4.90 Å². The van der Waals surface area contributed by atoms with Crippen molar-refractivity contribution in [3.63, 3.8) is 0 Å². The SMILES string of the molecule is CN(C)C(=O)[C@H](N)Cc1ccc(O)cc1. The van der Waals surface area contributed by atoms with Gasteiger partial charge < -0.3 is 15.7 Å². The minimum atomic E-state index is -0.524. The molecule has 0 unspecified atom stereocenters. The van der Waals surface area contributed by atoms with E-state index in [1.54, 1.807) is 38.4 Å². The fourth-order valence-corrected chi connectivity index (χ4v) is 1.30. The molecule has 0 radical (unpaired) electrons. The zero-order chi connectivity index (χ0) is 11.4. The minimum absolute atomic E-state index is 0.0944. The molecule has 3 N–H and O–H groups in total. The lowest BCUT2D eigenvalue weighted by Gasteiger charge is -2.16. The Balaban J connectivity index is 2.62. The fraction of sp³-hybridized carbons (Fsp3) is 0.364. The van der Waals surface area contributed by atoms with Crippen molar-refractivity contribution in [1.82, 2.24) is 4.90 Å². The van der Waals surface area contributed by atoms with E-state index < -0.39 is 6.04 Å². The van der Waals surface area contributed by atoms with E-state index in [1.807, 2.05) is 0 Å². The zero-order valence-electron chi connectivity index (χ0n) is 8.97. The van der Waals surface area contributed by atoms with Crippen LogP contribution in [0.1, 0.15) is 5.56 Å². The maximum atomic E-state index is 11.5. The summed E-state index contributed by atoms with van der Waals surface area (Å²) in [6, 6.07) is 6.17. The van der Waals surface area contributed by atoms with Crippen molar-refractivity contribution in [2.24, 2.45) is 5.73 Å². The number of nitrogens with two attached hydrogens (primary N) is 1. The van der Waals surface area contributed by atoms with Gasteiger partial charge in [0.25, 0.3) is 0 Å². The summed E-state index contributed by atoms with van der Waals surface area (Å²) in [6.45, 7) is 0. The summed E-state index contributed by atoms with van der Waals surface area (Å²) in [7, 11) is 3.36. The number of benzene rings is 1. The van der Waals surface area contributed by atoms with Crippen LogP contribution in [0.15, 0.2) is 24.3 Å². The number of nitrogens with zero attached hydrogens (tertiary/aromatic N) is 1. The van der Waals surface area contributed by atoms with E-state index in [4.69, 9.17) is 10.8 Å². The molecule has 0 fully saturated rings. The van der Waals surface area contributed by atoms with Gasteiger partial charge in [0.05, 0.1) is 6.04 Å². The number of amides is 1. The van der Waals surface area contributed by atoms with Gasteiger partial charge in [0.15, 0.2) is 0 Å². The lowest BCUT2D eigenvalue weighted by atomic mass is 10.1. The number of carbonyl (C=O) groups excluding carboxylic acids is 1. The molecule has 1 atom stereocenters. The molecule has 1 amide bonds. The van der Waals surface area contributed by atoms with Gasteiger partial charge in [-0.05, 0) is 24.1 Å². The highest BCUT2D eigenvalue weighted by molar-refractivity contribution is 5.81. The van der Waals surface area contributed by atoms with Crippen LogP contribution in [0.25, 0.3) is 0 Å². The van der Waals surface area contributed by atoms with Gasteiger partial charge in [0, 0.05) is 14.1 Å². The van der Waals surface area contributed by atoms with Gasteiger partial charge in [-0.25, -0.2) is 0 Å². The summed E-state index contributed by atoms with van der Waals surface area (Å²) in [5.41, 5.74) is 6.67. The predicted molar refractivity (Wildman–Crippen MR) is 58.5 cm³/mol. The van der Waals surface area contributed by atoms with Gasteiger partial charge in [-0.3, -0.25) is 4.79 Å². The highest BCUT2D eigenvalue weighted by Gasteiger charge is 2.15. The van der Waals surface area contributed by atoms with E-state index in [0.29, 0.717) is 6.42 Å². The number of carbonyl (C=O) groups is 1. The van der Waals surface area contributed by atoms with Crippen LogP contribution < -0.4 is 5.73 Å². The molecule has 0 saturated carbocycles. The largest absolute Gasteiger partial charge is 0.508 e.